The molecule has 2 N–H and O–H groups in total. The summed E-state index contributed by atoms with van der Waals surface area (Å²) in [5.74, 6) is 0.658. The van der Waals surface area contributed by atoms with Gasteiger partial charge in [0.2, 0.25) is 0 Å². The molecule has 1 aromatic rings. The summed E-state index contributed by atoms with van der Waals surface area (Å²) >= 11 is 0. The van der Waals surface area contributed by atoms with Crippen molar-refractivity contribution >= 4 is 5.97 Å². The van der Waals surface area contributed by atoms with E-state index >= 15 is 0 Å². The molecule has 0 bridgehead atoms. The molecule has 172 valence electrons. The minimum Gasteiger partial charge on any atom is -0.426 e. The maximum Gasteiger partial charge on any atom is 0.315 e. The Morgan fingerprint density at radius 3 is 2.10 bits per heavy atom. The molecule has 0 aliphatic carbocycles. The number of benzene rings is 1. The maximum atomic E-state index is 13.1. The quantitative estimate of drug-likeness (QED) is 0.182. The van der Waals surface area contributed by atoms with E-state index in [0.717, 1.165) is 32.1 Å². The molecular weight excluding hydrogens is 370 g/mol. The van der Waals surface area contributed by atoms with Crippen LogP contribution in [0.15, 0.2) is 30.3 Å². The molecule has 3 unspecified atom stereocenters. The fourth-order valence-electron chi connectivity index (χ4n) is 4.15. The highest BCUT2D eigenvalue weighted by Gasteiger charge is 2.34. The van der Waals surface area contributed by atoms with E-state index in [1.54, 1.807) is 0 Å². The van der Waals surface area contributed by atoms with Crippen LogP contribution in [0.5, 0.6) is 5.75 Å². The monoisotopic (exact) mass is 417 g/mol. The Kier molecular flexibility index (Phi) is 13.0. The van der Waals surface area contributed by atoms with E-state index in [2.05, 4.69) is 34.6 Å². The molecule has 0 fully saturated rings. The van der Waals surface area contributed by atoms with Gasteiger partial charge in [-0.25, -0.2) is 0 Å². The van der Waals surface area contributed by atoms with Crippen molar-refractivity contribution in [2.75, 3.05) is 0 Å². The smallest absolute Gasteiger partial charge is 0.315 e. The molecule has 0 aromatic heterocycles. The van der Waals surface area contributed by atoms with Crippen LogP contribution >= 0.6 is 0 Å². The van der Waals surface area contributed by atoms with Crippen LogP contribution in [-0.4, -0.2) is 12.0 Å². The van der Waals surface area contributed by atoms with Crippen molar-refractivity contribution in [1.29, 1.82) is 0 Å². The third kappa shape index (κ3) is 10.6. The molecule has 3 nitrogen and oxygen atoms in total. The lowest BCUT2D eigenvalue weighted by atomic mass is 9.71. The van der Waals surface area contributed by atoms with Crippen molar-refractivity contribution in [3.05, 3.63) is 30.3 Å². The Morgan fingerprint density at radius 2 is 1.50 bits per heavy atom. The highest BCUT2D eigenvalue weighted by atomic mass is 16.5. The molecule has 0 spiro atoms. The summed E-state index contributed by atoms with van der Waals surface area (Å²) in [5, 5.41) is 0. The van der Waals surface area contributed by atoms with Crippen molar-refractivity contribution in [2.24, 2.45) is 23.0 Å². The molecule has 0 heterocycles. The largest absolute Gasteiger partial charge is 0.426 e. The first kappa shape index (κ1) is 26.7. The van der Waals surface area contributed by atoms with Crippen LogP contribution < -0.4 is 10.5 Å². The molecule has 1 rings (SSSR count). The van der Waals surface area contributed by atoms with E-state index in [1.807, 2.05) is 30.3 Å². The average molecular weight is 418 g/mol. The molecule has 0 saturated carbocycles. The number of hydrogen-bond donors (Lipinski definition) is 1. The molecule has 3 atom stereocenters. The van der Waals surface area contributed by atoms with Gasteiger partial charge in [-0.2, -0.15) is 0 Å². The summed E-state index contributed by atoms with van der Waals surface area (Å²) < 4.78 is 5.74. The summed E-state index contributed by atoms with van der Waals surface area (Å²) in [6.07, 6.45) is 12.8. The van der Waals surface area contributed by atoms with Gasteiger partial charge in [0.05, 0.1) is 5.92 Å². The van der Waals surface area contributed by atoms with Crippen LogP contribution in [0, 0.1) is 17.3 Å². The van der Waals surface area contributed by atoms with Gasteiger partial charge in [0.25, 0.3) is 0 Å². The van der Waals surface area contributed by atoms with E-state index in [0.29, 0.717) is 11.7 Å². The fourth-order valence-corrected chi connectivity index (χ4v) is 4.15. The molecule has 0 radical (unpaired) electrons. The van der Waals surface area contributed by atoms with Crippen molar-refractivity contribution < 1.29 is 9.53 Å². The zero-order chi connectivity index (χ0) is 22.4. The molecule has 0 aliphatic heterocycles. The van der Waals surface area contributed by atoms with Crippen molar-refractivity contribution in [2.45, 2.75) is 111 Å². The van der Waals surface area contributed by atoms with E-state index < -0.39 is 0 Å². The van der Waals surface area contributed by atoms with Crippen LogP contribution in [0.4, 0.5) is 0 Å². The van der Waals surface area contributed by atoms with Gasteiger partial charge in [-0.15, -0.1) is 0 Å². The molecule has 0 aliphatic rings. The van der Waals surface area contributed by atoms with Crippen LogP contribution in [0.1, 0.15) is 105 Å². The van der Waals surface area contributed by atoms with Gasteiger partial charge in [0.1, 0.15) is 5.75 Å². The number of carbonyl (C=O) groups excluding carboxylic acids is 1. The fraction of sp³-hybridized carbons (Fsp3) is 0.741. The summed E-state index contributed by atoms with van der Waals surface area (Å²) in [7, 11) is 0. The number of carbonyl (C=O) groups is 1. The van der Waals surface area contributed by atoms with E-state index in [-0.39, 0.29) is 23.3 Å². The average Bonchev–Trinajstić information content (AvgIpc) is 2.70. The number of rotatable bonds is 15. The van der Waals surface area contributed by atoms with Gasteiger partial charge in [-0.05, 0) is 42.7 Å². The van der Waals surface area contributed by atoms with Crippen LogP contribution in [0.3, 0.4) is 0 Å². The highest BCUT2D eigenvalue weighted by Crippen LogP contribution is 2.37. The highest BCUT2D eigenvalue weighted by molar-refractivity contribution is 5.76. The Labute approximate surface area is 186 Å². The van der Waals surface area contributed by atoms with Gasteiger partial charge in [-0.3, -0.25) is 4.79 Å². The Balaban J connectivity index is 2.81. The standard InChI is InChI=1S/C27H47NO2/c1-6-8-10-11-12-14-17-22(27(3,4)5)21-24(25(28)20-9-7-2)26(29)30-23-18-15-13-16-19-23/h13,15-16,18-19,22,24-25H,6-12,14,17,20-21,28H2,1-5H3. The number of unbranched alkanes of at least 4 members (excludes halogenated alkanes) is 6. The lowest BCUT2D eigenvalue weighted by Crippen LogP contribution is -2.40. The lowest BCUT2D eigenvalue weighted by Gasteiger charge is -2.35. The minimum atomic E-state index is -0.249. The molecular formula is C27H47NO2. The van der Waals surface area contributed by atoms with Crippen molar-refractivity contribution in [1.82, 2.24) is 0 Å². The van der Waals surface area contributed by atoms with E-state index in [4.69, 9.17) is 10.5 Å². The Hall–Kier alpha value is -1.35. The molecule has 0 saturated heterocycles. The van der Waals surface area contributed by atoms with Crippen LogP contribution in [-0.2, 0) is 4.79 Å². The van der Waals surface area contributed by atoms with Crippen LogP contribution in [0.25, 0.3) is 0 Å². The number of esters is 1. The zero-order valence-corrected chi connectivity index (χ0v) is 20.3. The maximum absolute atomic E-state index is 13.1. The molecule has 1 aromatic carbocycles. The number of para-hydroxylation sites is 1. The SMILES string of the molecule is CCCCCCCCC(CC(C(=O)Oc1ccccc1)C(N)CCCC)C(C)(C)C. The topological polar surface area (TPSA) is 52.3 Å². The second kappa shape index (κ2) is 14.6. The van der Waals surface area contributed by atoms with Crippen molar-refractivity contribution in [3.63, 3.8) is 0 Å². The summed E-state index contributed by atoms with van der Waals surface area (Å²) in [6, 6.07) is 9.25. The van der Waals surface area contributed by atoms with Crippen LogP contribution in [0.2, 0.25) is 0 Å². The molecule has 30 heavy (non-hydrogen) atoms. The zero-order valence-electron chi connectivity index (χ0n) is 20.3. The first-order valence-electron chi connectivity index (χ1n) is 12.3. The van der Waals surface area contributed by atoms with E-state index in [9.17, 15) is 4.79 Å². The summed E-state index contributed by atoms with van der Waals surface area (Å²) in [5.41, 5.74) is 6.71. The Bertz CT molecular complexity index is 564. The number of nitrogens with two attached hydrogens (primary N) is 1. The third-order valence-corrected chi connectivity index (χ3v) is 6.34. The minimum absolute atomic E-state index is 0.143. The van der Waals surface area contributed by atoms with E-state index in [1.165, 1.54) is 38.5 Å². The summed E-state index contributed by atoms with van der Waals surface area (Å²) in [4.78, 5) is 13.1. The van der Waals surface area contributed by atoms with Gasteiger partial charge < -0.3 is 10.5 Å². The second-order valence-corrected chi connectivity index (χ2v) is 10.0. The summed E-state index contributed by atoms with van der Waals surface area (Å²) in [6.45, 7) is 11.3. The first-order chi connectivity index (χ1) is 14.3. The Morgan fingerprint density at radius 1 is 0.900 bits per heavy atom. The van der Waals surface area contributed by atoms with Gasteiger partial charge >= 0.3 is 5.97 Å². The first-order valence-corrected chi connectivity index (χ1v) is 12.3. The lowest BCUT2D eigenvalue weighted by molar-refractivity contribution is -0.140. The number of hydrogen-bond acceptors (Lipinski definition) is 3. The third-order valence-electron chi connectivity index (χ3n) is 6.34. The predicted octanol–water partition coefficient (Wildman–Crippen LogP) is 7.53. The number of ether oxygens (including phenoxy) is 1. The van der Waals surface area contributed by atoms with Gasteiger partial charge in [-0.1, -0.05) is 104 Å². The van der Waals surface area contributed by atoms with Crippen molar-refractivity contribution in [3.8, 4) is 5.75 Å². The van der Waals surface area contributed by atoms with Gasteiger partial charge in [0.15, 0.2) is 0 Å². The predicted molar refractivity (Wildman–Crippen MR) is 129 cm³/mol. The molecule has 3 heteroatoms. The normalized spacial score (nSPS) is 14.9. The molecule has 0 amide bonds. The van der Waals surface area contributed by atoms with Gasteiger partial charge in [0, 0.05) is 6.04 Å². The second-order valence-electron chi connectivity index (χ2n) is 10.0.